The van der Waals surface area contributed by atoms with E-state index in [-0.39, 0.29) is 12.4 Å². The van der Waals surface area contributed by atoms with Crippen LogP contribution in [0.5, 0.6) is 0 Å². The average molecular weight is 202 g/mol. The summed E-state index contributed by atoms with van der Waals surface area (Å²) in [4.78, 5) is 0. The summed E-state index contributed by atoms with van der Waals surface area (Å²) in [6.45, 7) is 3.44. The average Bonchev–Trinajstić information content (AvgIpc) is 2.59. The second-order valence-corrected chi connectivity index (χ2v) is 3.42. The number of halogens is 1. The molecule has 0 bridgehead atoms. The van der Waals surface area contributed by atoms with Gasteiger partial charge in [-0.25, -0.2) is 0 Å². The summed E-state index contributed by atoms with van der Waals surface area (Å²) in [5.74, 6) is 0.825. The molecular weight excluding hydrogens is 186 g/mol. The molecule has 0 unspecified atom stereocenters. The molecule has 1 aromatic heterocycles. The maximum Gasteiger partial charge on any atom is 0.0489 e. The van der Waals surface area contributed by atoms with Crippen molar-refractivity contribution in [2.24, 2.45) is 5.92 Å². The van der Waals surface area contributed by atoms with Gasteiger partial charge in [-0.2, -0.15) is 5.10 Å². The van der Waals surface area contributed by atoms with Crippen LogP contribution >= 0.6 is 12.4 Å². The summed E-state index contributed by atoms with van der Waals surface area (Å²) < 4.78 is 2.04. The molecule has 1 aliphatic rings. The van der Waals surface area contributed by atoms with E-state index in [9.17, 15) is 0 Å². The van der Waals surface area contributed by atoms with Gasteiger partial charge in [0.25, 0.3) is 0 Å². The number of nitrogens with one attached hydrogen (secondary N) is 1. The molecule has 2 heterocycles. The predicted octanol–water partition coefficient (Wildman–Crippen LogP) is 1.30. The molecule has 4 heteroatoms. The summed E-state index contributed by atoms with van der Waals surface area (Å²) in [7, 11) is 0. The van der Waals surface area contributed by atoms with E-state index < -0.39 is 0 Å². The Labute approximate surface area is 84.9 Å². The lowest BCUT2D eigenvalue weighted by molar-refractivity contribution is 0.321. The van der Waals surface area contributed by atoms with Crippen molar-refractivity contribution < 1.29 is 0 Å². The van der Waals surface area contributed by atoms with Crippen LogP contribution in [0.1, 0.15) is 12.8 Å². The molecule has 0 aliphatic carbocycles. The zero-order valence-electron chi connectivity index (χ0n) is 7.65. The van der Waals surface area contributed by atoms with E-state index >= 15 is 0 Å². The Morgan fingerprint density at radius 2 is 2.15 bits per heavy atom. The fourth-order valence-corrected chi connectivity index (χ4v) is 1.74. The Morgan fingerprint density at radius 3 is 2.77 bits per heavy atom. The monoisotopic (exact) mass is 201 g/mol. The molecule has 1 saturated heterocycles. The number of piperidine rings is 1. The molecule has 3 nitrogen and oxygen atoms in total. The molecule has 1 aromatic rings. The van der Waals surface area contributed by atoms with Crippen molar-refractivity contribution in [1.29, 1.82) is 0 Å². The highest BCUT2D eigenvalue weighted by Gasteiger charge is 2.12. The normalized spacial score (nSPS) is 18.2. The highest BCUT2D eigenvalue weighted by atomic mass is 35.5. The quantitative estimate of drug-likeness (QED) is 0.782. The van der Waals surface area contributed by atoms with Crippen molar-refractivity contribution in [1.82, 2.24) is 15.1 Å². The smallest absolute Gasteiger partial charge is 0.0489 e. The van der Waals surface area contributed by atoms with Gasteiger partial charge in [0.15, 0.2) is 0 Å². The lowest BCUT2D eigenvalue weighted by Gasteiger charge is -2.22. The Hall–Kier alpha value is -0.540. The molecule has 0 radical (unpaired) electrons. The topological polar surface area (TPSA) is 29.9 Å². The maximum atomic E-state index is 4.21. The van der Waals surface area contributed by atoms with Crippen LogP contribution < -0.4 is 5.32 Å². The van der Waals surface area contributed by atoms with Gasteiger partial charge in [-0.1, -0.05) is 0 Å². The minimum atomic E-state index is 0. The first-order valence-electron chi connectivity index (χ1n) is 4.63. The third-order valence-corrected chi connectivity index (χ3v) is 2.46. The van der Waals surface area contributed by atoms with Crippen LogP contribution in [0.2, 0.25) is 0 Å². The summed E-state index contributed by atoms with van der Waals surface area (Å²) in [6, 6.07) is 1.99. The largest absolute Gasteiger partial charge is 0.317 e. The maximum absolute atomic E-state index is 4.21. The number of hydrogen-bond acceptors (Lipinski definition) is 2. The molecule has 0 amide bonds. The van der Waals surface area contributed by atoms with Gasteiger partial charge in [-0.15, -0.1) is 12.4 Å². The fourth-order valence-electron chi connectivity index (χ4n) is 1.74. The van der Waals surface area contributed by atoms with Gasteiger partial charge in [0.1, 0.15) is 0 Å². The van der Waals surface area contributed by atoms with Crippen LogP contribution in [-0.2, 0) is 6.54 Å². The van der Waals surface area contributed by atoms with Crippen LogP contribution in [0.25, 0.3) is 0 Å². The van der Waals surface area contributed by atoms with Gasteiger partial charge in [-0.3, -0.25) is 4.68 Å². The molecule has 74 valence electrons. The summed E-state index contributed by atoms with van der Waals surface area (Å²) >= 11 is 0. The first kappa shape index (κ1) is 10.5. The SMILES string of the molecule is Cl.c1cnn(CC2CCNCC2)c1. The number of hydrogen-bond donors (Lipinski definition) is 1. The van der Waals surface area contributed by atoms with Crippen molar-refractivity contribution in [2.75, 3.05) is 13.1 Å². The van der Waals surface area contributed by atoms with Crippen molar-refractivity contribution in [3.8, 4) is 0 Å². The zero-order chi connectivity index (χ0) is 8.23. The van der Waals surface area contributed by atoms with E-state index in [1.165, 1.54) is 25.9 Å². The zero-order valence-corrected chi connectivity index (χ0v) is 8.46. The number of rotatable bonds is 2. The van der Waals surface area contributed by atoms with Gasteiger partial charge in [0.05, 0.1) is 0 Å². The van der Waals surface area contributed by atoms with E-state index in [0.29, 0.717) is 0 Å². The summed E-state index contributed by atoms with van der Waals surface area (Å²) in [6.07, 6.45) is 6.48. The second kappa shape index (κ2) is 5.25. The minimum Gasteiger partial charge on any atom is -0.317 e. The molecule has 13 heavy (non-hydrogen) atoms. The van der Waals surface area contributed by atoms with Gasteiger partial charge in [-0.05, 0) is 37.9 Å². The van der Waals surface area contributed by atoms with Crippen LogP contribution in [0, 0.1) is 5.92 Å². The summed E-state index contributed by atoms with van der Waals surface area (Å²) in [5, 5.41) is 7.57. The highest BCUT2D eigenvalue weighted by Crippen LogP contribution is 2.13. The molecule has 2 rings (SSSR count). The lowest BCUT2D eigenvalue weighted by Crippen LogP contribution is -2.29. The van der Waals surface area contributed by atoms with Crippen LogP contribution in [-0.4, -0.2) is 22.9 Å². The van der Waals surface area contributed by atoms with Crippen molar-refractivity contribution in [3.63, 3.8) is 0 Å². The number of nitrogens with zero attached hydrogens (tertiary/aromatic N) is 2. The Balaban J connectivity index is 0.000000845. The lowest BCUT2D eigenvalue weighted by atomic mass is 9.98. The molecular formula is C9H16ClN3. The molecule has 0 spiro atoms. The van der Waals surface area contributed by atoms with Gasteiger partial charge < -0.3 is 5.32 Å². The van der Waals surface area contributed by atoms with E-state index in [1.54, 1.807) is 0 Å². The van der Waals surface area contributed by atoms with Crippen LogP contribution in [0.3, 0.4) is 0 Å². The van der Waals surface area contributed by atoms with Gasteiger partial charge >= 0.3 is 0 Å². The number of aromatic nitrogens is 2. The van der Waals surface area contributed by atoms with Crippen molar-refractivity contribution >= 4 is 12.4 Å². The third-order valence-electron chi connectivity index (χ3n) is 2.46. The van der Waals surface area contributed by atoms with Crippen LogP contribution in [0.15, 0.2) is 18.5 Å². The molecule has 1 fully saturated rings. The van der Waals surface area contributed by atoms with Crippen molar-refractivity contribution in [2.45, 2.75) is 19.4 Å². The Morgan fingerprint density at radius 1 is 1.38 bits per heavy atom. The standard InChI is InChI=1S/C9H15N3.ClH/c1-4-11-12(7-1)8-9-2-5-10-6-3-9;/h1,4,7,9-10H,2-3,5-6,8H2;1H. The Bertz CT molecular complexity index is 217. The third kappa shape index (κ3) is 3.01. The molecule has 0 saturated carbocycles. The van der Waals surface area contributed by atoms with Crippen LogP contribution in [0.4, 0.5) is 0 Å². The fraction of sp³-hybridized carbons (Fsp3) is 0.667. The predicted molar refractivity (Wildman–Crippen MR) is 55.1 cm³/mol. The van der Waals surface area contributed by atoms with E-state index in [4.69, 9.17) is 0 Å². The van der Waals surface area contributed by atoms with Crippen molar-refractivity contribution in [3.05, 3.63) is 18.5 Å². The summed E-state index contributed by atoms with van der Waals surface area (Å²) in [5.41, 5.74) is 0. The second-order valence-electron chi connectivity index (χ2n) is 3.42. The van der Waals surface area contributed by atoms with E-state index in [2.05, 4.69) is 10.4 Å². The molecule has 1 aliphatic heterocycles. The first-order valence-corrected chi connectivity index (χ1v) is 4.63. The Kier molecular flexibility index (Phi) is 4.25. The van der Waals surface area contributed by atoms with E-state index in [1.807, 2.05) is 23.1 Å². The molecule has 0 atom stereocenters. The van der Waals surface area contributed by atoms with E-state index in [0.717, 1.165) is 12.5 Å². The van der Waals surface area contributed by atoms with Gasteiger partial charge in [0.2, 0.25) is 0 Å². The first-order chi connectivity index (χ1) is 5.95. The molecule has 1 N–H and O–H groups in total. The minimum absolute atomic E-state index is 0. The molecule has 0 aromatic carbocycles. The highest BCUT2D eigenvalue weighted by molar-refractivity contribution is 5.85. The van der Waals surface area contributed by atoms with Gasteiger partial charge in [0, 0.05) is 18.9 Å².